The molecule has 106 valence electrons. The quantitative estimate of drug-likeness (QED) is 0.639. The number of methoxy groups -OCH3 is 1. The van der Waals surface area contributed by atoms with E-state index in [9.17, 15) is 4.79 Å². The van der Waals surface area contributed by atoms with E-state index in [0.29, 0.717) is 0 Å². The average molecular weight is 257 g/mol. The maximum absolute atomic E-state index is 12.0. The Hall–Kier alpha value is -0.650. The first-order valence-electron chi connectivity index (χ1n) is 6.95. The van der Waals surface area contributed by atoms with E-state index >= 15 is 0 Å². The zero-order valence-electron chi connectivity index (χ0n) is 11.9. The third-order valence-electron chi connectivity index (χ3n) is 3.82. The lowest BCUT2D eigenvalue weighted by molar-refractivity contribution is -0.150. The van der Waals surface area contributed by atoms with Crippen LogP contribution in [0.3, 0.4) is 0 Å². The standard InChI is InChI=1S/C13H27N3O2/c1-4-16(5-2)11-10-15-13(12(17)18-3)6-8-14-9-7-13/h14-15H,4-11H2,1-3H3. The summed E-state index contributed by atoms with van der Waals surface area (Å²) in [4.78, 5) is 14.3. The fourth-order valence-corrected chi connectivity index (χ4v) is 2.50. The van der Waals surface area contributed by atoms with Crippen molar-refractivity contribution in [1.82, 2.24) is 15.5 Å². The second-order valence-electron chi connectivity index (χ2n) is 4.78. The molecule has 1 fully saturated rings. The van der Waals surface area contributed by atoms with Gasteiger partial charge in [0.05, 0.1) is 7.11 Å². The van der Waals surface area contributed by atoms with E-state index in [0.717, 1.165) is 52.1 Å². The van der Waals surface area contributed by atoms with Crippen molar-refractivity contribution < 1.29 is 9.53 Å². The summed E-state index contributed by atoms with van der Waals surface area (Å²) in [6, 6.07) is 0. The van der Waals surface area contributed by atoms with Gasteiger partial charge in [0.25, 0.3) is 0 Å². The number of esters is 1. The van der Waals surface area contributed by atoms with Crippen LogP contribution in [0.1, 0.15) is 26.7 Å². The molecule has 0 spiro atoms. The second-order valence-corrected chi connectivity index (χ2v) is 4.78. The van der Waals surface area contributed by atoms with Crippen LogP contribution in [0.4, 0.5) is 0 Å². The summed E-state index contributed by atoms with van der Waals surface area (Å²) in [5, 5.41) is 6.71. The van der Waals surface area contributed by atoms with E-state index in [-0.39, 0.29) is 5.97 Å². The molecule has 1 aliphatic rings. The molecule has 0 bridgehead atoms. The highest BCUT2D eigenvalue weighted by Gasteiger charge is 2.39. The molecule has 0 saturated carbocycles. The number of likely N-dealkylation sites (N-methyl/N-ethyl adjacent to an activating group) is 1. The Bertz CT molecular complexity index is 249. The summed E-state index contributed by atoms with van der Waals surface area (Å²) in [5.74, 6) is -0.122. The Kier molecular flexibility index (Phi) is 6.60. The molecule has 2 N–H and O–H groups in total. The minimum absolute atomic E-state index is 0.122. The van der Waals surface area contributed by atoms with Gasteiger partial charge >= 0.3 is 5.97 Å². The molecule has 1 heterocycles. The molecule has 1 rings (SSSR count). The van der Waals surface area contributed by atoms with Gasteiger partial charge in [-0.05, 0) is 39.0 Å². The second kappa shape index (κ2) is 7.71. The molecule has 1 saturated heterocycles. The molecule has 0 aromatic heterocycles. The van der Waals surface area contributed by atoms with E-state index in [2.05, 4.69) is 29.4 Å². The molecule has 5 heteroatoms. The number of rotatable bonds is 7. The largest absolute Gasteiger partial charge is 0.468 e. The minimum atomic E-state index is -0.479. The van der Waals surface area contributed by atoms with Crippen LogP contribution < -0.4 is 10.6 Å². The van der Waals surface area contributed by atoms with Crippen LogP contribution in [0.2, 0.25) is 0 Å². The highest BCUT2D eigenvalue weighted by molar-refractivity contribution is 5.81. The predicted molar refractivity (Wildman–Crippen MR) is 72.6 cm³/mol. The molecular weight excluding hydrogens is 230 g/mol. The van der Waals surface area contributed by atoms with Crippen LogP contribution >= 0.6 is 0 Å². The molecule has 5 nitrogen and oxygen atoms in total. The van der Waals surface area contributed by atoms with Crippen molar-refractivity contribution >= 4 is 5.97 Å². The molecule has 0 unspecified atom stereocenters. The van der Waals surface area contributed by atoms with E-state index in [4.69, 9.17) is 4.74 Å². The van der Waals surface area contributed by atoms with E-state index in [1.165, 1.54) is 7.11 Å². The number of hydrogen-bond acceptors (Lipinski definition) is 5. The summed E-state index contributed by atoms with van der Waals surface area (Å²) in [5.41, 5.74) is -0.479. The minimum Gasteiger partial charge on any atom is -0.468 e. The first-order valence-corrected chi connectivity index (χ1v) is 6.95. The third kappa shape index (κ3) is 3.93. The maximum Gasteiger partial charge on any atom is 0.326 e. The molecular formula is C13H27N3O2. The fourth-order valence-electron chi connectivity index (χ4n) is 2.50. The maximum atomic E-state index is 12.0. The summed E-state index contributed by atoms with van der Waals surface area (Å²) >= 11 is 0. The number of piperidine rings is 1. The third-order valence-corrected chi connectivity index (χ3v) is 3.82. The van der Waals surface area contributed by atoms with Gasteiger partial charge in [-0.3, -0.25) is 4.79 Å². The Morgan fingerprint density at radius 2 is 1.94 bits per heavy atom. The number of ether oxygens (including phenoxy) is 1. The lowest BCUT2D eigenvalue weighted by Crippen LogP contribution is -2.59. The molecule has 0 atom stereocenters. The molecule has 0 radical (unpaired) electrons. The molecule has 0 aliphatic carbocycles. The number of carbonyl (C=O) groups is 1. The highest BCUT2D eigenvalue weighted by Crippen LogP contribution is 2.19. The Balaban J connectivity index is 2.49. The number of nitrogens with zero attached hydrogens (tertiary/aromatic N) is 1. The van der Waals surface area contributed by atoms with Gasteiger partial charge in [0.2, 0.25) is 0 Å². The summed E-state index contributed by atoms with van der Waals surface area (Å²) in [7, 11) is 1.47. The number of nitrogens with one attached hydrogen (secondary N) is 2. The van der Waals surface area contributed by atoms with Gasteiger partial charge < -0.3 is 20.3 Å². The molecule has 1 aliphatic heterocycles. The Morgan fingerprint density at radius 3 is 2.44 bits per heavy atom. The predicted octanol–water partition coefficient (Wildman–Crippen LogP) is 0.213. The van der Waals surface area contributed by atoms with Crippen molar-refractivity contribution in [3.63, 3.8) is 0 Å². The smallest absolute Gasteiger partial charge is 0.326 e. The molecule has 0 aromatic carbocycles. The Labute approximate surface area is 110 Å². The van der Waals surface area contributed by atoms with Gasteiger partial charge in [-0.25, -0.2) is 0 Å². The van der Waals surface area contributed by atoms with E-state index < -0.39 is 5.54 Å². The van der Waals surface area contributed by atoms with E-state index in [1.807, 2.05) is 0 Å². The van der Waals surface area contributed by atoms with Crippen molar-refractivity contribution in [2.24, 2.45) is 0 Å². The molecule has 0 aromatic rings. The van der Waals surface area contributed by atoms with Gasteiger partial charge in [-0.1, -0.05) is 13.8 Å². The van der Waals surface area contributed by atoms with Gasteiger partial charge in [0.15, 0.2) is 0 Å². The van der Waals surface area contributed by atoms with Gasteiger partial charge in [0.1, 0.15) is 5.54 Å². The van der Waals surface area contributed by atoms with Crippen LogP contribution in [0.25, 0.3) is 0 Å². The zero-order valence-corrected chi connectivity index (χ0v) is 11.9. The van der Waals surface area contributed by atoms with Crippen LogP contribution in [-0.2, 0) is 9.53 Å². The SMILES string of the molecule is CCN(CC)CCNC1(C(=O)OC)CCNCC1. The topological polar surface area (TPSA) is 53.6 Å². The van der Waals surface area contributed by atoms with Crippen molar-refractivity contribution in [2.45, 2.75) is 32.2 Å². The number of hydrogen-bond donors (Lipinski definition) is 2. The van der Waals surface area contributed by atoms with E-state index in [1.54, 1.807) is 0 Å². The van der Waals surface area contributed by atoms with Crippen LogP contribution in [0, 0.1) is 0 Å². The highest BCUT2D eigenvalue weighted by atomic mass is 16.5. The van der Waals surface area contributed by atoms with Crippen LogP contribution in [0.5, 0.6) is 0 Å². The normalized spacial score (nSPS) is 18.9. The number of carbonyl (C=O) groups excluding carboxylic acids is 1. The van der Waals surface area contributed by atoms with Crippen LogP contribution in [-0.4, -0.2) is 62.8 Å². The van der Waals surface area contributed by atoms with Crippen molar-refractivity contribution in [1.29, 1.82) is 0 Å². The van der Waals surface area contributed by atoms with Gasteiger partial charge in [-0.15, -0.1) is 0 Å². The monoisotopic (exact) mass is 257 g/mol. The first-order chi connectivity index (χ1) is 8.68. The Morgan fingerprint density at radius 1 is 1.33 bits per heavy atom. The van der Waals surface area contributed by atoms with Crippen molar-refractivity contribution in [3.8, 4) is 0 Å². The van der Waals surface area contributed by atoms with Gasteiger partial charge in [-0.2, -0.15) is 0 Å². The fraction of sp³-hybridized carbons (Fsp3) is 0.923. The zero-order chi connectivity index (χ0) is 13.4. The first kappa shape index (κ1) is 15.4. The summed E-state index contributed by atoms with van der Waals surface area (Å²) in [6.07, 6.45) is 1.61. The summed E-state index contributed by atoms with van der Waals surface area (Å²) < 4.78 is 4.96. The van der Waals surface area contributed by atoms with Crippen molar-refractivity contribution in [2.75, 3.05) is 46.4 Å². The average Bonchev–Trinajstić information content (AvgIpc) is 2.43. The van der Waals surface area contributed by atoms with Crippen molar-refractivity contribution in [3.05, 3.63) is 0 Å². The summed E-state index contributed by atoms with van der Waals surface area (Å²) in [6.45, 7) is 9.95. The van der Waals surface area contributed by atoms with Crippen LogP contribution in [0.15, 0.2) is 0 Å². The lowest BCUT2D eigenvalue weighted by Gasteiger charge is -2.36. The molecule has 18 heavy (non-hydrogen) atoms. The lowest BCUT2D eigenvalue weighted by atomic mass is 9.88. The molecule has 0 amide bonds. The van der Waals surface area contributed by atoms with Gasteiger partial charge in [0, 0.05) is 13.1 Å².